The molecule has 2 nitrogen and oxygen atoms in total. The zero-order valence-corrected chi connectivity index (χ0v) is 14.0. The van der Waals surface area contributed by atoms with Crippen LogP contribution in [0.25, 0.3) is 10.8 Å². The van der Waals surface area contributed by atoms with Gasteiger partial charge in [-0.15, -0.1) is 0 Å². The average molecular weight is 349 g/mol. The van der Waals surface area contributed by atoms with Crippen LogP contribution < -0.4 is 5.32 Å². The highest BCUT2D eigenvalue weighted by Gasteiger charge is 2.28. The van der Waals surface area contributed by atoms with E-state index in [-0.39, 0.29) is 5.54 Å². The Kier molecular flexibility index (Phi) is 3.78. The summed E-state index contributed by atoms with van der Waals surface area (Å²) in [5.74, 6) is 1.06. The summed E-state index contributed by atoms with van der Waals surface area (Å²) < 4.78 is 1.12. The Morgan fingerprint density at radius 3 is 2.70 bits per heavy atom. The zero-order valence-electron chi connectivity index (χ0n) is 11.6. The molecule has 0 aliphatic carbocycles. The lowest BCUT2D eigenvalue weighted by molar-refractivity contribution is 0.523. The Hall–Kier alpha value is -1.00. The van der Waals surface area contributed by atoms with Crippen LogP contribution in [0.1, 0.15) is 20.3 Å². The molecule has 3 rings (SSSR count). The van der Waals surface area contributed by atoms with Gasteiger partial charge in [0.25, 0.3) is 0 Å². The molecule has 0 bridgehead atoms. The predicted molar refractivity (Wildman–Crippen MR) is 93.9 cm³/mol. The van der Waals surface area contributed by atoms with Gasteiger partial charge in [0.15, 0.2) is 5.17 Å². The maximum atomic E-state index is 4.82. The van der Waals surface area contributed by atoms with Crippen molar-refractivity contribution in [2.75, 3.05) is 11.1 Å². The fraction of sp³-hybridized carbons (Fsp3) is 0.312. The van der Waals surface area contributed by atoms with Crippen molar-refractivity contribution in [3.05, 3.63) is 40.9 Å². The smallest absolute Gasteiger partial charge is 0.161 e. The van der Waals surface area contributed by atoms with Crippen LogP contribution in [0.3, 0.4) is 0 Å². The summed E-state index contributed by atoms with van der Waals surface area (Å²) in [4.78, 5) is 4.82. The highest BCUT2D eigenvalue weighted by Crippen LogP contribution is 2.34. The van der Waals surface area contributed by atoms with Gasteiger partial charge in [0, 0.05) is 21.3 Å². The Labute approximate surface area is 132 Å². The molecule has 1 atom stereocenters. The molecule has 0 aromatic heterocycles. The van der Waals surface area contributed by atoms with Crippen molar-refractivity contribution >= 4 is 49.3 Å². The molecule has 2 aromatic rings. The summed E-state index contributed by atoms with van der Waals surface area (Å²) in [6.45, 7) is 4.41. The number of amidine groups is 1. The van der Waals surface area contributed by atoms with Crippen molar-refractivity contribution in [2.24, 2.45) is 4.99 Å². The molecule has 2 aromatic carbocycles. The molecular weight excluding hydrogens is 332 g/mol. The first-order valence-electron chi connectivity index (χ1n) is 6.78. The first-order chi connectivity index (χ1) is 9.61. The van der Waals surface area contributed by atoms with Gasteiger partial charge >= 0.3 is 0 Å². The third kappa shape index (κ3) is 2.59. The molecule has 0 saturated heterocycles. The Morgan fingerprint density at radius 1 is 1.25 bits per heavy atom. The molecule has 1 unspecified atom stereocenters. The van der Waals surface area contributed by atoms with Gasteiger partial charge < -0.3 is 5.32 Å². The van der Waals surface area contributed by atoms with Gasteiger partial charge in [0.1, 0.15) is 0 Å². The van der Waals surface area contributed by atoms with Crippen LogP contribution in [-0.2, 0) is 0 Å². The van der Waals surface area contributed by atoms with Gasteiger partial charge in [-0.1, -0.05) is 58.9 Å². The van der Waals surface area contributed by atoms with E-state index in [1.54, 1.807) is 0 Å². The quantitative estimate of drug-likeness (QED) is 0.797. The fourth-order valence-corrected chi connectivity index (χ4v) is 3.93. The number of fused-ring (bicyclic) bond motifs is 1. The van der Waals surface area contributed by atoms with Crippen LogP contribution >= 0.6 is 27.7 Å². The lowest BCUT2D eigenvalue weighted by Gasteiger charge is -2.15. The summed E-state index contributed by atoms with van der Waals surface area (Å²) in [6, 6.07) is 12.6. The number of hydrogen-bond acceptors (Lipinski definition) is 3. The van der Waals surface area contributed by atoms with Crippen LogP contribution in [0.2, 0.25) is 0 Å². The zero-order chi connectivity index (χ0) is 14.2. The van der Waals surface area contributed by atoms with Crippen molar-refractivity contribution in [3.63, 3.8) is 0 Å². The second kappa shape index (κ2) is 5.41. The normalized spacial score (nSPS) is 22.1. The Morgan fingerprint density at radius 2 is 2.00 bits per heavy atom. The Balaban J connectivity index is 1.97. The van der Waals surface area contributed by atoms with Crippen molar-refractivity contribution in [1.82, 2.24) is 0 Å². The van der Waals surface area contributed by atoms with E-state index in [2.05, 4.69) is 71.5 Å². The van der Waals surface area contributed by atoms with E-state index < -0.39 is 0 Å². The summed E-state index contributed by atoms with van der Waals surface area (Å²) in [5, 5.41) is 6.96. The van der Waals surface area contributed by atoms with Gasteiger partial charge in [-0.05, 0) is 30.9 Å². The summed E-state index contributed by atoms with van der Waals surface area (Å²) in [5.41, 5.74) is 1.20. The van der Waals surface area contributed by atoms with Crippen molar-refractivity contribution < 1.29 is 0 Å². The predicted octanol–water partition coefficient (Wildman–Crippen LogP) is 5.29. The molecule has 1 heterocycles. The second-order valence-corrected chi connectivity index (χ2v) is 7.14. The monoisotopic (exact) mass is 348 g/mol. The molecule has 0 spiro atoms. The molecule has 0 fully saturated rings. The molecule has 20 heavy (non-hydrogen) atoms. The molecule has 1 aliphatic heterocycles. The lowest BCUT2D eigenvalue weighted by atomic mass is 10.0. The van der Waals surface area contributed by atoms with Gasteiger partial charge in [-0.25, -0.2) is 0 Å². The van der Waals surface area contributed by atoms with Gasteiger partial charge in [-0.2, -0.15) is 0 Å². The number of nitrogens with one attached hydrogen (secondary N) is 1. The van der Waals surface area contributed by atoms with Crippen molar-refractivity contribution in [1.29, 1.82) is 0 Å². The number of rotatable bonds is 2. The first kappa shape index (κ1) is 14.0. The molecular formula is C16H17BrN2S. The third-order valence-electron chi connectivity index (χ3n) is 3.77. The third-order valence-corrected chi connectivity index (χ3v) is 5.69. The topological polar surface area (TPSA) is 24.4 Å². The molecule has 1 aliphatic rings. The molecule has 0 saturated carbocycles. The van der Waals surface area contributed by atoms with E-state index in [1.165, 1.54) is 10.8 Å². The van der Waals surface area contributed by atoms with Crippen LogP contribution in [0.5, 0.6) is 0 Å². The lowest BCUT2D eigenvalue weighted by Crippen LogP contribution is -2.20. The summed E-state index contributed by atoms with van der Waals surface area (Å²) in [6.07, 6.45) is 1.08. The molecule has 0 amide bonds. The first-order valence-corrected chi connectivity index (χ1v) is 8.56. The summed E-state index contributed by atoms with van der Waals surface area (Å²) in [7, 11) is 0. The SMILES string of the molecule is CCC1(C)CSC(Nc2ccc(Br)c3ccccc23)=N1. The van der Waals surface area contributed by atoms with Crippen molar-refractivity contribution in [2.45, 2.75) is 25.8 Å². The largest absolute Gasteiger partial charge is 0.334 e. The minimum atomic E-state index is 0.0815. The number of thioether (sulfide) groups is 1. The average Bonchev–Trinajstić information content (AvgIpc) is 2.85. The summed E-state index contributed by atoms with van der Waals surface area (Å²) >= 11 is 5.42. The van der Waals surface area contributed by atoms with E-state index in [9.17, 15) is 0 Å². The maximum Gasteiger partial charge on any atom is 0.161 e. The standard InChI is InChI=1S/C16H17BrN2S/c1-3-16(2)10-20-15(19-16)18-14-9-8-13(17)11-6-4-5-7-12(11)14/h4-9H,3,10H2,1-2H3,(H,18,19). The minimum absolute atomic E-state index is 0.0815. The van der Waals surface area contributed by atoms with Crippen LogP contribution in [-0.4, -0.2) is 16.5 Å². The highest BCUT2D eigenvalue weighted by atomic mass is 79.9. The number of halogens is 1. The van der Waals surface area contributed by atoms with E-state index in [4.69, 9.17) is 4.99 Å². The van der Waals surface area contributed by atoms with Gasteiger partial charge in [0.2, 0.25) is 0 Å². The molecule has 1 N–H and O–H groups in total. The Bertz CT molecular complexity index is 683. The van der Waals surface area contributed by atoms with Crippen molar-refractivity contribution in [3.8, 4) is 0 Å². The van der Waals surface area contributed by atoms with E-state index in [0.29, 0.717) is 0 Å². The van der Waals surface area contributed by atoms with Crippen LogP contribution in [0.4, 0.5) is 5.69 Å². The van der Waals surface area contributed by atoms with E-state index in [1.807, 2.05) is 11.8 Å². The molecule has 0 radical (unpaired) electrons. The minimum Gasteiger partial charge on any atom is -0.334 e. The number of anilines is 1. The molecule has 104 valence electrons. The molecule has 4 heteroatoms. The van der Waals surface area contributed by atoms with Crippen LogP contribution in [0, 0.1) is 0 Å². The number of nitrogens with zero attached hydrogens (tertiary/aromatic N) is 1. The van der Waals surface area contributed by atoms with E-state index in [0.717, 1.165) is 27.5 Å². The number of hydrogen-bond donors (Lipinski definition) is 1. The highest BCUT2D eigenvalue weighted by molar-refractivity contribution is 9.10. The fourth-order valence-electron chi connectivity index (χ4n) is 2.27. The van der Waals surface area contributed by atoms with Gasteiger partial charge in [0.05, 0.1) is 5.54 Å². The number of aliphatic imine (C=N–C) groups is 1. The number of benzene rings is 2. The second-order valence-electron chi connectivity index (χ2n) is 5.32. The maximum absolute atomic E-state index is 4.82. The van der Waals surface area contributed by atoms with E-state index >= 15 is 0 Å². The van der Waals surface area contributed by atoms with Crippen LogP contribution in [0.15, 0.2) is 45.9 Å². The van der Waals surface area contributed by atoms with Gasteiger partial charge in [-0.3, -0.25) is 4.99 Å².